The Kier molecular flexibility index (Phi) is 5.83. The number of sulfone groups is 1. The van der Waals surface area contributed by atoms with Gasteiger partial charge in [0.1, 0.15) is 10.5 Å². The summed E-state index contributed by atoms with van der Waals surface area (Å²) in [6, 6.07) is 3.26. The summed E-state index contributed by atoms with van der Waals surface area (Å²) < 4.78 is 24.7. The molecule has 166 valence electrons. The van der Waals surface area contributed by atoms with Crippen molar-refractivity contribution in [2.24, 2.45) is 0 Å². The number of carbonyl (C=O) groups is 1. The number of aryl methyl sites for hydroxylation is 1. The molecule has 0 radical (unpaired) electrons. The molecular formula is C21H27N5O4S. The fourth-order valence-corrected chi connectivity index (χ4v) is 5.13. The number of piperidine rings is 1. The number of likely N-dealkylation sites (tertiary alicyclic amines) is 1. The molecule has 4 heterocycles. The van der Waals surface area contributed by atoms with Gasteiger partial charge in [0.15, 0.2) is 9.84 Å². The van der Waals surface area contributed by atoms with Crippen LogP contribution in [0.25, 0.3) is 0 Å². The molecule has 0 aromatic carbocycles. The molecule has 1 amide bonds. The number of amides is 1. The number of aromatic amines is 1. The van der Waals surface area contributed by atoms with Crippen LogP contribution >= 0.6 is 0 Å². The Morgan fingerprint density at radius 3 is 2.42 bits per heavy atom. The minimum atomic E-state index is -3.48. The third kappa shape index (κ3) is 4.48. The second kappa shape index (κ2) is 8.41. The molecule has 31 heavy (non-hydrogen) atoms. The average Bonchev–Trinajstić information content (AvgIpc) is 3.27. The summed E-state index contributed by atoms with van der Waals surface area (Å²) in [5.41, 5.74) is 0.975. The lowest BCUT2D eigenvalue weighted by molar-refractivity contribution is 0.0709. The standard InChI is InChI=1S/C21H27N5O4S/c1-14-5-6-16(19(27)23-14)20(28)25-11-7-15(8-12-25)18-17(31(2,29)30)13-22-21(24-18)26-9-3-4-10-26/h5-6,13,15H,3-4,7-12H2,1-2H3,(H,23,27). The van der Waals surface area contributed by atoms with E-state index in [9.17, 15) is 18.0 Å². The predicted molar refractivity (Wildman–Crippen MR) is 116 cm³/mol. The smallest absolute Gasteiger partial charge is 0.260 e. The monoisotopic (exact) mass is 445 g/mol. The zero-order valence-electron chi connectivity index (χ0n) is 17.8. The van der Waals surface area contributed by atoms with Crippen LogP contribution in [0.2, 0.25) is 0 Å². The number of carbonyl (C=O) groups excluding carboxylic acids is 1. The van der Waals surface area contributed by atoms with Gasteiger partial charge in [-0.15, -0.1) is 0 Å². The van der Waals surface area contributed by atoms with E-state index in [-0.39, 0.29) is 22.3 Å². The summed E-state index contributed by atoms with van der Waals surface area (Å²) in [5.74, 6) is 0.183. The third-order valence-electron chi connectivity index (χ3n) is 6.01. The van der Waals surface area contributed by atoms with E-state index in [1.165, 1.54) is 12.5 Å². The van der Waals surface area contributed by atoms with E-state index in [4.69, 9.17) is 0 Å². The van der Waals surface area contributed by atoms with Crippen molar-refractivity contribution in [3.8, 4) is 0 Å². The zero-order chi connectivity index (χ0) is 22.2. The lowest BCUT2D eigenvalue weighted by Gasteiger charge is -2.32. The van der Waals surface area contributed by atoms with Crippen LogP contribution in [0.4, 0.5) is 5.95 Å². The number of hydrogen-bond acceptors (Lipinski definition) is 7. The summed E-state index contributed by atoms with van der Waals surface area (Å²) in [5, 5.41) is 0. The highest BCUT2D eigenvalue weighted by molar-refractivity contribution is 7.90. The van der Waals surface area contributed by atoms with Crippen molar-refractivity contribution >= 4 is 21.7 Å². The van der Waals surface area contributed by atoms with Crippen LogP contribution in [0.15, 0.2) is 28.0 Å². The maximum absolute atomic E-state index is 12.8. The fraction of sp³-hybridized carbons (Fsp3) is 0.524. The number of rotatable bonds is 4. The molecule has 2 aromatic rings. The third-order valence-corrected chi connectivity index (χ3v) is 7.13. The Bertz CT molecular complexity index is 1150. The minimum absolute atomic E-state index is 0.0885. The van der Waals surface area contributed by atoms with Crippen LogP contribution in [-0.2, 0) is 9.84 Å². The second-order valence-electron chi connectivity index (χ2n) is 8.34. The normalized spacial score (nSPS) is 17.9. The van der Waals surface area contributed by atoms with Crippen LogP contribution in [0.5, 0.6) is 0 Å². The van der Waals surface area contributed by atoms with Gasteiger partial charge in [-0.2, -0.15) is 0 Å². The topological polar surface area (TPSA) is 116 Å². The number of nitrogens with zero attached hydrogens (tertiary/aromatic N) is 4. The Balaban J connectivity index is 1.55. The van der Waals surface area contributed by atoms with Crippen LogP contribution in [0.1, 0.15) is 53.3 Å². The van der Waals surface area contributed by atoms with Crippen molar-refractivity contribution in [3.63, 3.8) is 0 Å². The van der Waals surface area contributed by atoms with Gasteiger partial charge < -0.3 is 14.8 Å². The van der Waals surface area contributed by atoms with Crippen LogP contribution in [0.3, 0.4) is 0 Å². The molecule has 0 unspecified atom stereocenters. The number of anilines is 1. The molecule has 0 atom stereocenters. The maximum atomic E-state index is 12.8. The summed E-state index contributed by atoms with van der Waals surface area (Å²) >= 11 is 0. The molecule has 0 saturated carbocycles. The second-order valence-corrected chi connectivity index (χ2v) is 10.3. The molecule has 2 aromatic heterocycles. The molecule has 2 fully saturated rings. The first-order valence-corrected chi connectivity index (χ1v) is 12.4. The number of aromatic nitrogens is 3. The molecule has 4 rings (SSSR count). The van der Waals surface area contributed by atoms with Crippen molar-refractivity contribution in [1.29, 1.82) is 0 Å². The number of nitrogens with one attached hydrogen (secondary N) is 1. The van der Waals surface area contributed by atoms with Gasteiger partial charge in [-0.1, -0.05) is 0 Å². The minimum Gasteiger partial charge on any atom is -0.341 e. The van der Waals surface area contributed by atoms with E-state index in [0.717, 1.165) is 25.9 Å². The molecule has 2 aliphatic rings. The number of hydrogen-bond donors (Lipinski definition) is 1. The van der Waals surface area contributed by atoms with Crippen LogP contribution in [0, 0.1) is 6.92 Å². The predicted octanol–water partition coefficient (Wildman–Crippen LogP) is 1.50. The highest BCUT2D eigenvalue weighted by atomic mass is 32.2. The van der Waals surface area contributed by atoms with Gasteiger partial charge in [0.05, 0.1) is 11.9 Å². The van der Waals surface area contributed by atoms with Gasteiger partial charge in [-0.25, -0.2) is 18.4 Å². The van der Waals surface area contributed by atoms with Crippen LogP contribution < -0.4 is 10.5 Å². The Morgan fingerprint density at radius 1 is 1.13 bits per heavy atom. The molecule has 2 saturated heterocycles. The molecule has 2 aliphatic heterocycles. The SMILES string of the molecule is Cc1ccc(C(=O)N2CCC(c3nc(N4CCCC4)ncc3S(C)(=O)=O)CC2)c(=O)[nH]1. The van der Waals surface area contributed by atoms with Gasteiger partial charge in [0.2, 0.25) is 5.95 Å². The zero-order valence-corrected chi connectivity index (χ0v) is 18.6. The van der Waals surface area contributed by atoms with E-state index in [2.05, 4.69) is 19.9 Å². The maximum Gasteiger partial charge on any atom is 0.260 e. The summed E-state index contributed by atoms with van der Waals surface area (Å²) in [6.45, 7) is 4.37. The van der Waals surface area contributed by atoms with Crippen molar-refractivity contribution in [1.82, 2.24) is 19.9 Å². The van der Waals surface area contributed by atoms with Gasteiger partial charge in [-0.05, 0) is 44.7 Å². The Morgan fingerprint density at radius 2 is 1.81 bits per heavy atom. The lowest BCUT2D eigenvalue weighted by Crippen LogP contribution is -2.40. The Labute approximate surface area is 181 Å². The highest BCUT2D eigenvalue weighted by Gasteiger charge is 2.31. The van der Waals surface area contributed by atoms with E-state index in [1.54, 1.807) is 24.0 Å². The number of pyridine rings is 1. The van der Waals surface area contributed by atoms with Gasteiger partial charge in [0.25, 0.3) is 11.5 Å². The molecule has 10 heteroatoms. The first-order chi connectivity index (χ1) is 14.7. The van der Waals surface area contributed by atoms with Crippen molar-refractivity contribution in [2.75, 3.05) is 37.3 Å². The van der Waals surface area contributed by atoms with E-state index < -0.39 is 15.4 Å². The molecule has 0 spiro atoms. The lowest BCUT2D eigenvalue weighted by atomic mass is 9.93. The molecule has 9 nitrogen and oxygen atoms in total. The Hall–Kier alpha value is -2.75. The molecular weight excluding hydrogens is 418 g/mol. The van der Waals surface area contributed by atoms with Crippen molar-refractivity contribution < 1.29 is 13.2 Å². The van der Waals surface area contributed by atoms with Gasteiger partial charge >= 0.3 is 0 Å². The van der Waals surface area contributed by atoms with E-state index >= 15 is 0 Å². The van der Waals surface area contributed by atoms with Gasteiger partial charge in [0, 0.05) is 44.0 Å². The first-order valence-electron chi connectivity index (χ1n) is 10.5. The van der Waals surface area contributed by atoms with Crippen molar-refractivity contribution in [3.05, 3.63) is 45.6 Å². The van der Waals surface area contributed by atoms with Gasteiger partial charge in [-0.3, -0.25) is 9.59 Å². The fourth-order valence-electron chi connectivity index (χ4n) is 4.29. The highest BCUT2D eigenvalue weighted by Crippen LogP contribution is 2.32. The summed E-state index contributed by atoms with van der Waals surface area (Å²) in [7, 11) is -3.48. The largest absolute Gasteiger partial charge is 0.341 e. The van der Waals surface area contributed by atoms with E-state index in [1.807, 2.05) is 0 Å². The molecule has 1 N–H and O–H groups in total. The molecule has 0 bridgehead atoms. The van der Waals surface area contributed by atoms with Crippen molar-refractivity contribution in [2.45, 2.75) is 43.4 Å². The van der Waals surface area contributed by atoms with Crippen LogP contribution in [-0.4, -0.2) is 66.6 Å². The quantitative estimate of drug-likeness (QED) is 0.758. The molecule has 0 aliphatic carbocycles. The van der Waals surface area contributed by atoms with E-state index in [0.29, 0.717) is 43.3 Å². The number of H-pyrrole nitrogens is 1. The first kappa shape index (κ1) is 21.5. The summed E-state index contributed by atoms with van der Waals surface area (Å²) in [6.07, 6.45) is 5.90. The average molecular weight is 446 g/mol. The summed E-state index contributed by atoms with van der Waals surface area (Å²) in [4.78, 5) is 40.5.